The number of benzene rings is 1. The number of carbonyl (C=O) groups is 2. The van der Waals surface area contributed by atoms with Gasteiger partial charge in [0, 0.05) is 44.8 Å². The van der Waals surface area contributed by atoms with Gasteiger partial charge < -0.3 is 19.9 Å². The van der Waals surface area contributed by atoms with Gasteiger partial charge in [0.15, 0.2) is 0 Å². The number of hydrogen-bond donors (Lipinski definition) is 2. The van der Waals surface area contributed by atoms with E-state index in [2.05, 4.69) is 15.3 Å². The van der Waals surface area contributed by atoms with Crippen LogP contribution in [-0.2, 0) is 7.05 Å². The van der Waals surface area contributed by atoms with Crippen molar-refractivity contribution in [3.8, 4) is 11.4 Å². The third kappa shape index (κ3) is 3.85. The lowest BCUT2D eigenvalue weighted by Gasteiger charge is -2.13. The van der Waals surface area contributed by atoms with E-state index in [1.807, 2.05) is 19.1 Å². The molecule has 0 bridgehead atoms. The van der Waals surface area contributed by atoms with Gasteiger partial charge in [-0.2, -0.15) is 0 Å². The highest BCUT2D eigenvalue weighted by molar-refractivity contribution is 5.94. The molecule has 1 aromatic carbocycles. The van der Waals surface area contributed by atoms with Crippen LogP contribution in [0.4, 0.5) is 11.6 Å². The fourth-order valence-corrected chi connectivity index (χ4v) is 2.81. The summed E-state index contributed by atoms with van der Waals surface area (Å²) in [6, 6.07) is 8.66. The van der Waals surface area contributed by atoms with E-state index >= 15 is 0 Å². The minimum Gasteiger partial charge on any atom is -0.478 e. The molecule has 0 aliphatic heterocycles. The molecule has 0 unspecified atom stereocenters. The maximum atomic E-state index is 12.1. The van der Waals surface area contributed by atoms with Crippen molar-refractivity contribution >= 4 is 23.5 Å². The van der Waals surface area contributed by atoms with Crippen LogP contribution in [0, 0.1) is 6.92 Å². The van der Waals surface area contributed by atoms with Crippen LogP contribution in [0.2, 0.25) is 0 Å². The van der Waals surface area contributed by atoms with Crippen LogP contribution in [0.3, 0.4) is 0 Å². The normalized spacial score (nSPS) is 10.6. The second-order valence-electron chi connectivity index (χ2n) is 6.65. The Balaban J connectivity index is 1.88. The first-order chi connectivity index (χ1) is 13.3. The zero-order valence-corrected chi connectivity index (χ0v) is 16.1. The fraction of sp³-hybridized carbons (Fsp3) is 0.200. The van der Waals surface area contributed by atoms with Crippen molar-refractivity contribution in [3.63, 3.8) is 0 Å². The average molecular weight is 379 g/mol. The Morgan fingerprint density at radius 3 is 2.50 bits per heavy atom. The fourth-order valence-electron chi connectivity index (χ4n) is 2.81. The third-order valence-electron chi connectivity index (χ3n) is 4.30. The van der Waals surface area contributed by atoms with Gasteiger partial charge in [0.25, 0.3) is 5.91 Å². The molecular formula is C20H21N5O3. The van der Waals surface area contributed by atoms with Crippen LogP contribution < -0.4 is 5.32 Å². The summed E-state index contributed by atoms with van der Waals surface area (Å²) in [5.41, 5.74) is 3.74. The number of aromatic carboxylic acids is 1. The zero-order valence-electron chi connectivity index (χ0n) is 16.1. The smallest absolute Gasteiger partial charge is 0.337 e. The first-order valence-corrected chi connectivity index (χ1v) is 8.58. The minimum absolute atomic E-state index is 0.0640. The summed E-state index contributed by atoms with van der Waals surface area (Å²) in [6.07, 6.45) is 3.15. The summed E-state index contributed by atoms with van der Waals surface area (Å²) >= 11 is 0. The molecule has 2 heterocycles. The average Bonchev–Trinajstić information content (AvgIpc) is 3.05. The van der Waals surface area contributed by atoms with Crippen LogP contribution in [0.1, 0.15) is 26.3 Å². The van der Waals surface area contributed by atoms with Crippen molar-refractivity contribution in [2.24, 2.45) is 7.05 Å². The molecule has 2 aromatic heterocycles. The van der Waals surface area contributed by atoms with Crippen molar-refractivity contribution < 1.29 is 14.7 Å². The van der Waals surface area contributed by atoms with E-state index in [9.17, 15) is 9.59 Å². The number of hydrogen-bond acceptors (Lipinski definition) is 5. The molecule has 0 spiro atoms. The lowest BCUT2D eigenvalue weighted by atomic mass is 10.1. The monoisotopic (exact) mass is 379 g/mol. The molecule has 3 rings (SSSR count). The Labute approximate surface area is 162 Å². The topological polar surface area (TPSA) is 100 Å². The number of aryl methyl sites for hydroxylation is 2. The van der Waals surface area contributed by atoms with Crippen molar-refractivity contribution in [1.82, 2.24) is 19.4 Å². The number of carboxylic acids is 1. The number of nitrogens with one attached hydrogen (secondary N) is 1. The van der Waals surface area contributed by atoms with Gasteiger partial charge in [-0.05, 0) is 42.8 Å². The molecule has 0 fully saturated rings. The molecule has 0 radical (unpaired) electrons. The molecule has 0 aliphatic rings. The molecular weight excluding hydrogens is 358 g/mol. The largest absolute Gasteiger partial charge is 0.478 e. The second kappa shape index (κ2) is 7.51. The van der Waals surface area contributed by atoms with Crippen LogP contribution in [0.25, 0.3) is 11.4 Å². The minimum atomic E-state index is -0.989. The molecule has 0 saturated carbocycles. The molecule has 144 valence electrons. The number of aromatic nitrogens is 3. The van der Waals surface area contributed by atoms with Crippen LogP contribution in [0.5, 0.6) is 0 Å². The SMILES string of the molecule is Cc1cc(C(=O)N(C)C)ccc1Nc1nccc(-c2cc(C(=O)O)cn2C)n1. The van der Waals surface area contributed by atoms with Gasteiger partial charge in [0.1, 0.15) is 0 Å². The third-order valence-corrected chi connectivity index (χ3v) is 4.30. The van der Waals surface area contributed by atoms with Crippen molar-refractivity contribution in [2.45, 2.75) is 6.92 Å². The maximum Gasteiger partial charge on any atom is 0.337 e. The van der Waals surface area contributed by atoms with E-state index < -0.39 is 5.97 Å². The lowest BCUT2D eigenvalue weighted by Crippen LogP contribution is -2.21. The van der Waals surface area contributed by atoms with Gasteiger partial charge in [-0.15, -0.1) is 0 Å². The highest BCUT2D eigenvalue weighted by Crippen LogP contribution is 2.23. The van der Waals surface area contributed by atoms with Gasteiger partial charge in [0.05, 0.1) is 17.0 Å². The zero-order chi connectivity index (χ0) is 20.4. The number of amides is 1. The van der Waals surface area contributed by atoms with E-state index in [0.717, 1.165) is 11.3 Å². The standard InChI is InChI=1S/C20H21N5O3/c1-12-9-13(18(26)24(2)3)5-6-15(12)22-20-21-8-7-16(23-20)17-10-14(19(27)28)11-25(17)4/h5-11H,1-4H3,(H,27,28)(H,21,22,23). The molecule has 3 aromatic rings. The number of anilines is 2. The highest BCUT2D eigenvalue weighted by atomic mass is 16.4. The van der Waals surface area contributed by atoms with Gasteiger partial charge >= 0.3 is 5.97 Å². The number of rotatable bonds is 5. The van der Waals surface area contributed by atoms with Crippen LogP contribution >= 0.6 is 0 Å². The lowest BCUT2D eigenvalue weighted by molar-refractivity contribution is 0.0696. The molecule has 1 amide bonds. The molecule has 0 atom stereocenters. The first-order valence-electron chi connectivity index (χ1n) is 8.58. The Morgan fingerprint density at radius 1 is 1.14 bits per heavy atom. The van der Waals surface area contributed by atoms with E-state index in [1.54, 1.807) is 50.1 Å². The van der Waals surface area contributed by atoms with Gasteiger partial charge in [0.2, 0.25) is 5.95 Å². The summed E-state index contributed by atoms with van der Waals surface area (Å²) in [4.78, 5) is 33.5. The Kier molecular flexibility index (Phi) is 5.12. The van der Waals surface area contributed by atoms with Crippen LogP contribution in [-0.4, -0.2) is 50.5 Å². The predicted molar refractivity (Wildman–Crippen MR) is 106 cm³/mol. The summed E-state index contributed by atoms with van der Waals surface area (Å²) in [5, 5.41) is 12.3. The quantitative estimate of drug-likeness (QED) is 0.707. The van der Waals surface area contributed by atoms with Crippen molar-refractivity contribution in [2.75, 3.05) is 19.4 Å². The predicted octanol–water partition coefficient (Wildman–Crippen LogP) is 2.93. The molecule has 0 aliphatic carbocycles. The van der Waals surface area contributed by atoms with E-state index in [0.29, 0.717) is 22.9 Å². The van der Waals surface area contributed by atoms with E-state index in [-0.39, 0.29) is 11.5 Å². The first kappa shape index (κ1) is 19.1. The Morgan fingerprint density at radius 2 is 1.89 bits per heavy atom. The summed E-state index contributed by atoms with van der Waals surface area (Å²) in [5.74, 6) is -0.673. The van der Waals surface area contributed by atoms with Gasteiger partial charge in [-0.1, -0.05) is 0 Å². The molecule has 0 saturated heterocycles. The Hall–Kier alpha value is -3.68. The highest BCUT2D eigenvalue weighted by Gasteiger charge is 2.13. The molecule has 28 heavy (non-hydrogen) atoms. The second-order valence-corrected chi connectivity index (χ2v) is 6.65. The van der Waals surface area contributed by atoms with Gasteiger partial charge in [-0.3, -0.25) is 4.79 Å². The molecule has 8 nitrogen and oxygen atoms in total. The summed E-state index contributed by atoms with van der Waals surface area (Å²) in [6.45, 7) is 1.90. The van der Waals surface area contributed by atoms with E-state index in [1.165, 1.54) is 11.1 Å². The number of carboxylic acid groups (broad SMARTS) is 1. The Bertz CT molecular complexity index is 1060. The van der Waals surface area contributed by atoms with Crippen molar-refractivity contribution in [3.05, 3.63) is 59.4 Å². The van der Waals surface area contributed by atoms with Crippen LogP contribution in [0.15, 0.2) is 42.7 Å². The molecule has 8 heteroatoms. The van der Waals surface area contributed by atoms with Crippen molar-refractivity contribution in [1.29, 1.82) is 0 Å². The summed E-state index contributed by atoms with van der Waals surface area (Å²) in [7, 11) is 5.19. The summed E-state index contributed by atoms with van der Waals surface area (Å²) < 4.78 is 1.71. The number of carbonyl (C=O) groups excluding carboxylic acids is 1. The number of nitrogens with zero attached hydrogens (tertiary/aromatic N) is 4. The van der Waals surface area contributed by atoms with Gasteiger partial charge in [-0.25, -0.2) is 14.8 Å². The maximum absolute atomic E-state index is 12.1. The van der Waals surface area contributed by atoms with E-state index in [4.69, 9.17) is 5.11 Å². The molecule has 2 N–H and O–H groups in total.